The van der Waals surface area contributed by atoms with Crippen LogP contribution >= 0.6 is 11.8 Å². The monoisotopic (exact) mass is 358 g/mol. The SMILES string of the molecule is CCOC(=O)C(C)Sc1ccc2nnc(-c3ccc(OC)cc3)n2n1. The molecule has 2 aromatic heterocycles. The average molecular weight is 358 g/mol. The van der Waals surface area contributed by atoms with Gasteiger partial charge in [-0.25, -0.2) is 0 Å². The number of benzene rings is 1. The van der Waals surface area contributed by atoms with Crippen LogP contribution in [0, 0.1) is 0 Å². The lowest BCUT2D eigenvalue weighted by molar-refractivity contribution is -0.142. The number of ether oxygens (including phenoxy) is 2. The molecule has 1 unspecified atom stereocenters. The molecule has 25 heavy (non-hydrogen) atoms. The second kappa shape index (κ2) is 7.52. The molecular formula is C17H18N4O3S. The van der Waals surface area contributed by atoms with Crippen molar-refractivity contribution in [3.63, 3.8) is 0 Å². The van der Waals surface area contributed by atoms with Crippen LogP contribution in [0.4, 0.5) is 0 Å². The maximum absolute atomic E-state index is 11.8. The van der Waals surface area contributed by atoms with Gasteiger partial charge in [0.1, 0.15) is 16.0 Å². The van der Waals surface area contributed by atoms with Crippen molar-refractivity contribution in [2.45, 2.75) is 24.1 Å². The molecule has 0 saturated heterocycles. The third-order valence-corrected chi connectivity index (χ3v) is 4.51. The van der Waals surface area contributed by atoms with E-state index in [1.807, 2.05) is 36.4 Å². The zero-order chi connectivity index (χ0) is 17.8. The number of carbonyl (C=O) groups excluding carboxylic acids is 1. The number of esters is 1. The molecule has 0 spiro atoms. The van der Waals surface area contributed by atoms with Gasteiger partial charge in [0, 0.05) is 5.56 Å². The zero-order valence-corrected chi connectivity index (χ0v) is 15.0. The molecule has 8 heteroatoms. The van der Waals surface area contributed by atoms with Crippen molar-refractivity contribution >= 4 is 23.4 Å². The molecule has 0 aliphatic rings. The van der Waals surface area contributed by atoms with Gasteiger partial charge in [0.2, 0.25) is 0 Å². The number of rotatable bonds is 6. The molecule has 130 valence electrons. The first kappa shape index (κ1) is 17.2. The smallest absolute Gasteiger partial charge is 0.319 e. The molecule has 3 aromatic rings. The van der Waals surface area contributed by atoms with E-state index < -0.39 is 0 Å². The van der Waals surface area contributed by atoms with Crippen molar-refractivity contribution in [1.82, 2.24) is 19.8 Å². The van der Waals surface area contributed by atoms with Crippen LogP contribution in [0.3, 0.4) is 0 Å². The Hall–Kier alpha value is -2.61. The van der Waals surface area contributed by atoms with Gasteiger partial charge in [0.15, 0.2) is 11.5 Å². The molecule has 0 amide bonds. The predicted molar refractivity (Wildman–Crippen MR) is 94.7 cm³/mol. The predicted octanol–water partition coefficient (Wildman–Crippen LogP) is 2.84. The number of hydrogen-bond acceptors (Lipinski definition) is 7. The lowest BCUT2D eigenvalue weighted by Crippen LogP contribution is -2.17. The first-order chi connectivity index (χ1) is 12.1. The van der Waals surface area contributed by atoms with Crippen molar-refractivity contribution < 1.29 is 14.3 Å². The Morgan fingerprint density at radius 2 is 1.96 bits per heavy atom. The van der Waals surface area contributed by atoms with Gasteiger partial charge in [-0.1, -0.05) is 11.8 Å². The summed E-state index contributed by atoms with van der Waals surface area (Å²) in [5.41, 5.74) is 1.51. The van der Waals surface area contributed by atoms with Gasteiger partial charge >= 0.3 is 5.97 Å². The summed E-state index contributed by atoms with van der Waals surface area (Å²) in [4.78, 5) is 11.8. The van der Waals surface area contributed by atoms with E-state index in [9.17, 15) is 4.79 Å². The fourth-order valence-corrected chi connectivity index (χ4v) is 3.05. The number of methoxy groups -OCH3 is 1. The normalized spacial score (nSPS) is 12.1. The Morgan fingerprint density at radius 1 is 1.20 bits per heavy atom. The number of thioether (sulfide) groups is 1. The fraction of sp³-hybridized carbons (Fsp3) is 0.294. The Labute approximate surface area is 149 Å². The highest BCUT2D eigenvalue weighted by Crippen LogP contribution is 2.25. The topological polar surface area (TPSA) is 78.6 Å². The van der Waals surface area contributed by atoms with Crippen molar-refractivity contribution in [1.29, 1.82) is 0 Å². The number of hydrogen-bond donors (Lipinski definition) is 0. The molecule has 1 aromatic carbocycles. The minimum atomic E-state index is -0.342. The summed E-state index contributed by atoms with van der Waals surface area (Å²) < 4.78 is 11.9. The van der Waals surface area contributed by atoms with Gasteiger partial charge in [-0.3, -0.25) is 4.79 Å². The van der Waals surface area contributed by atoms with Crippen LogP contribution in [0.15, 0.2) is 41.4 Å². The second-order valence-corrected chi connectivity index (χ2v) is 6.57. The number of aromatic nitrogens is 4. The minimum absolute atomic E-state index is 0.256. The molecule has 0 aliphatic carbocycles. The molecule has 1 atom stereocenters. The molecule has 0 aliphatic heterocycles. The van der Waals surface area contributed by atoms with Gasteiger partial charge in [0.05, 0.1) is 13.7 Å². The van der Waals surface area contributed by atoms with Gasteiger partial charge in [-0.05, 0) is 50.2 Å². The summed E-state index contributed by atoms with van der Waals surface area (Å²) in [6.07, 6.45) is 0. The molecule has 2 heterocycles. The quantitative estimate of drug-likeness (QED) is 0.495. The average Bonchev–Trinajstić information content (AvgIpc) is 3.05. The number of nitrogens with zero attached hydrogens (tertiary/aromatic N) is 4. The largest absolute Gasteiger partial charge is 0.497 e. The fourth-order valence-electron chi connectivity index (χ4n) is 2.24. The molecule has 0 bridgehead atoms. The highest BCUT2D eigenvalue weighted by molar-refractivity contribution is 8.00. The van der Waals surface area contributed by atoms with E-state index in [4.69, 9.17) is 9.47 Å². The Morgan fingerprint density at radius 3 is 2.64 bits per heavy atom. The van der Waals surface area contributed by atoms with Crippen molar-refractivity contribution in [3.8, 4) is 17.1 Å². The van der Waals surface area contributed by atoms with Crippen LogP contribution < -0.4 is 4.74 Å². The second-order valence-electron chi connectivity index (χ2n) is 5.21. The molecule has 0 fully saturated rings. The van der Waals surface area contributed by atoms with E-state index in [0.717, 1.165) is 11.3 Å². The van der Waals surface area contributed by atoms with E-state index in [2.05, 4.69) is 15.3 Å². The van der Waals surface area contributed by atoms with E-state index in [-0.39, 0.29) is 11.2 Å². The maximum atomic E-state index is 11.8. The highest BCUT2D eigenvalue weighted by Gasteiger charge is 2.17. The van der Waals surface area contributed by atoms with Crippen LogP contribution in [0.1, 0.15) is 13.8 Å². The van der Waals surface area contributed by atoms with E-state index in [0.29, 0.717) is 23.1 Å². The van der Waals surface area contributed by atoms with Crippen molar-refractivity contribution in [2.75, 3.05) is 13.7 Å². The van der Waals surface area contributed by atoms with Gasteiger partial charge < -0.3 is 9.47 Å². The van der Waals surface area contributed by atoms with Crippen LogP contribution in [0.5, 0.6) is 5.75 Å². The summed E-state index contributed by atoms with van der Waals surface area (Å²) in [6, 6.07) is 11.2. The summed E-state index contributed by atoms with van der Waals surface area (Å²) in [5.74, 6) is 1.14. The summed E-state index contributed by atoms with van der Waals surface area (Å²) in [5, 5.41) is 13.3. The van der Waals surface area contributed by atoms with Crippen molar-refractivity contribution in [2.24, 2.45) is 0 Å². The third kappa shape index (κ3) is 3.74. The van der Waals surface area contributed by atoms with E-state index in [1.54, 1.807) is 25.5 Å². The van der Waals surface area contributed by atoms with Crippen molar-refractivity contribution in [3.05, 3.63) is 36.4 Å². The zero-order valence-electron chi connectivity index (χ0n) is 14.2. The molecule has 7 nitrogen and oxygen atoms in total. The minimum Gasteiger partial charge on any atom is -0.497 e. The highest BCUT2D eigenvalue weighted by atomic mass is 32.2. The molecular weight excluding hydrogens is 340 g/mol. The van der Waals surface area contributed by atoms with E-state index >= 15 is 0 Å². The van der Waals surface area contributed by atoms with E-state index in [1.165, 1.54) is 11.8 Å². The van der Waals surface area contributed by atoms with Crippen LogP contribution in [0.25, 0.3) is 17.0 Å². The molecule has 0 saturated carbocycles. The Kier molecular flexibility index (Phi) is 5.18. The standard InChI is InChI=1S/C17H18N4O3S/c1-4-24-17(22)11(2)25-15-10-9-14-18-19-16(21(14)20-15)12-5-7-13(23-3)8-6-12/h5-11H,4H2,1-3H3. The third-order valence-electron chi connectivity index (χ3n) is 3.50. The first-order valence-corrected chi connectivity index (χ1v) is 8.70. The van der Waals surface area contributed by atoms with Gasteiger partial charge in [0.25, 0.3) is 0 Å². The lowest BCUT2D eigenvalue weighted by atomic mass is 10.2. The summed E-state index contributed by atoms with van der Waals surface area (Å²) in [7, 11) is 1.62. The Bertz CT molecular complexity index is 879. The molecule has 0 N–H and O–H groups in total. The molecule has 0 radical (unpaired) electrons. The lowest BCUT2D eigenvalue weighted by Gasteiger charge is -2.09. The summed E-state index contributed by atoms with van der Waals surface area (Å²) in [6.45, 7) is 3.95. The first-order valence-electron chi connectivity index (χ1n) is 7.82. The maximum Gasteiger partial charge on any atom is 0.319 e. The van der Waals surface area contributed by atoms with Gasteiger partial charge in [-0.2, -0.15) is 9.61 Å². The van der Waals surface area contributed by atoms with Crippen LogP contribution in [-0.4, -0.2) is 44.7 Å². The molecule has 3 rings (SSSR count). The Balaban J connectivity index is 1.90. The van der Waals surface area contributed by atoms with Crippen LogP contribution in [-0.2, 0) is 9.53 Å². The summed E-state index contributed by atoms with van der Waals surface area (Å²) >= 11 is 1.34. The number of fused-ring (bicyclic) bond motifs is 1. The van der Waals surface area contributed by atoms with Gasteiger partial charge in [-0.15, -0.1) is 10.2 Å². The number of carbonyl (C=O) groups is 1. The van der Waals surface area contributed by atoms with Crippen LogP contribution in [0.2, 0.25) is 0 Å².